The Balaban J connectivity index is 0.000000189. The SMILES string of the molecule is Brc1ccc2cc(Br)ccc2c1.C.OB(O)c1ccc2cc(Br)ccc2c1. The molecule has 0 unspecified atom stereocenters. The van der Waals surface area contributed by atoms with Gasteiger partial charge >= 0.3 is 7.12 Å². The van der Waals surface area contributed by atoms with Crippen LogP contribution in [0.25, 0.3) is 21.5 Å². The van der Waals surface area contributed by atoms with Crippen molar-refractivity contribution in [3.05, 3.63) is 86.2 Å². The van der Waals surface area contributed by atoms with E-state index < -0.39 is 7.12 Å². The summed E-state index contributed by atoms with van der Waals surface area (Å²) in [5.74, 6) is 0. The van der Waals surface area contributed by atoms with Gasteiger partial charge in [0.1, 0.15) is 0 Å². The topological polar surface area (TPSA) is 40.5 Å². The van der Waals surface area contributed by atoms with Crippen LogP contribution in [0.15, 0.2) is 86.2 Å². The number of hydrogen-bond acceptors (Lipinski definition) is 2. The maximum absolute atomic E-state index is 8.98. The Bertz CT molecular complexity index is 1030. The molecule has 0 saturated heterocycles. The number of halogens is 3. The number of rotatable bonds is 1. The quantitative estimate of drug-likeness (QED) is 0.273. The van der Waals surface area contributed by atoms with E-state index in [1.54, 1.807) is 12.1 Å². The fourth-order valence-corrected chi connectivity index (χ4v) is 3.72. The monoisotopic (exact) mass is 550 g/mol. The third-order valence-electron chi connectivity index (χ3n) is 3.89. The van der Waals surface area contributed by atoms with Crippen LogP contribution in [0.2, 0.25) is 0 Å². The van der Waals surface area contributed by atoms with Gasteiger partial charge in [-0.05, 0) is 63.4 Å². The van der Waals surface area contributed by atoms with Gasteiger partial charge in [0.25, 0.3) is 0 Å². The summed E-state index contributed by atoms with van der Waals surface area (Å²) in [5.41, 5.74) is 0.514. The van der Waals surface area contributed by atoms with Gasteiger partial charge in [-0.1, -0.05) is 91.6 Å². The molecule has 27 heavy (non-hydrogen) atoms. The largest absolute Gasteiger partial charge is 0.488 e. The van der Waals surface area contributed by atoms with E-state index in [9.17, 15) is 0 Å². The van der Waals surface area contributed by atoms with Gasteiger partial charge in [0.05, 0.1) is 0 Å². The van der Waals surface area contributed by atoms with Crippen LogP contribution in [-0.2, 0) is 0 Å². The highest BCUT2D eigenvalue weighted by Gasteiger charge is 2.10. The summed E-state index contributed by atoms with van der Waals surface area (Å²) in [5, 5.41) is 22.6. The van der Waals surface area contributed by atoms with Crippen molar-refractivity contribution in [3.8, 4) is 0 Å². The normalized spacial score (nSPS) is 10.1. The summed E-state index contributed by atoms with van der Waals surface area (Å²) in [6.45, 7) is 0. The highest BCUT2D eigenvalue weighted by Crippen LogP contribution is 2.23. The Hall–Kier alpha value is -1.18. The minimum Gasteiger partial charge on any atom is -0.423 e. The Morgan fingerprint density at radius 3 is 1.22 bits per heavy atom. The van der Waals surface area contributed by atoms with Gasteiger partial charge in [0, 0.05) is 13.4 Å². The molecule has 4 aromatic carbocycles. The summed E-state index contributed by atoms with van der Waals surface area (Å²) in [6.07, 6.45) is 0. The van der Waals surface area contributed by atoms with Crippen molar-refractivity contribution in [2.75, 3.05) is 0 Å². The Labute approximate surface area is 184 Å². The molecule has 0 radical (unpaired) electrons. The summed E-state index contributed by atoms with van der Waals surface area (Å²) in [6, 6.07) is 23.7. The molecule has 0 heterocycles. The van der Waals surface area contributed by atoms with E-state index in [0.717, 1.165) is 24.2 Å². The molecule has 0 bridgehead atoms. The lowest BCUT2D eigenvalue weighted by Gasteiger charge is -2.02. The van der Waals surface area contributed by atoms with E-state index in [4.69, 9.17) is 10.0 Å². The minimum absolute atomic E-state index is 0. The highest BCUT2D eigenvalue weighted by molar-refractivity contribution is 9.11. The molecule has 0 aliphatic carbocycles. The minimum atomic E-state index is -1.40. The molecule has 0 fully saturated rings. The van der Waals surface area contributed by atoms with Crippen LogP contribution < -0.4 is 5.46 Å². The van der Waals surface area contributed by atoms with E-state index in [2.05, 4.69) is 84.2 Å². The van der Waals surface area contributed by atoms with Crippen LogP contribution in [0.1, 0.15) is 7.43 Å². The van der Waals surface area contributed by atoms with Crippen LogP contribution >= 0.6 is 47.8 Å². The van der Waals surface area contributed by atoms with E-state index in [0.29, 0.717) is 5.46 Å². The molecule has 2 nitrogen and oxygen atoms in total. The first-order valence-corrected chi connectivity index (χ1v) is 10.2. The smallest absolute Gasteiger partial charge is 0.423 e. The number of fused-ring (bicyclic) bond motifs is 2. The van der Waals surface area contributed by atoms with Gasteiger partial charge in [-0.3, -0.25) is 0 Å². The average molecular weight is 553 g/mol. The fraction of sp³-hybridized carbons (Fsp3) is 0.0476. The van der Waals surface area contributed by atoms with E-state index in [1.165, 1.54) is 10.8 Å². The zero-order valence-electron chi connectivity index (χ0n) is 13.5. The van der Waals surface area contributed by atoms with Crippen molar-refractivity contribution >= 4 is 81.9 Å². The van der Waals surface area contributed by atoms with Gasteiger partial charge in [0.15, 0.2) is 0 Å². The molecule has 0 atom stereocenters. The molecule has 0 spiro atoms. The second-order valence-corrected chi connectivity index (χ2v) is 8.51. The molecule has 0 aliphatic heterocycles. The Morgan fingerprint density at radius 2 is 0.852 bits per heavy atom. The lowest BCUT2D eigenvalue weighted by atomic mass is 9.79. The Kier molecular flexibility index (Phi) is 8.07. The Morgan fingerprint density at radius 1 is 0.519 bits per heavy atom. The van der Waals surface area contributed by atoms with Crippen molar-refractivity contribution in [2.24, 2.45) is 0 Å². The van der Waals surface area contributed by atoms with Crippen molar-refractivity contribution in [3.63, 3.8) is 0 Å². The van der Waals surface area contributed by atoms with Crippen LogP contribution in [0.3, 0.4) is 0 Å². The summed E-state index contributed by atoms with van der Waals surface area (Å²) in [7, 11) is -1.40. The molecule has 2 N–H and O–H groups in total. The van der Waals surface area contributed by atoms with Gasteiger partial charge in [-0.2, -0.15) is 0 Å². The van der Waals surface area contributed by atoms with Crippen molar-refractivity contribution in [1.29, 1.82) is 0 Å². The zero-order chi connectivity index (χ0) is 18.7. The number of benzene rings is 4. The second kappa shape index (κ2) is 9.85. The van der Waals surface area contributed by atoms with Crippen LogP contribution in [0, 0.1) is 0 Å². The van der Waals surface area contributed by atoms with Crippen LogP contribution in [-0.4, -0.2) is 17.2 Å². The van der Waals surface area contributed by atoms with Crippen molar-refractivity contribution in [1.82, 2.24) is 0 Å². The first-order valence-electron chi connectivity index (χ1n) is 7.82. The predicted molar refractivity (Wildman–Crippen MR) is 128 cm³/mol. The standard InChI is InChI=1S/C10H8BBrO2.C10H6Br2.CH4/c12-10-4-2-7-5-9(11(13)14)3-1-8(7)6-10;11-9-3-1-7-5-10(12)4-2-8(7)6-9;/h1-6,13-14H;1-6H;1H4. The second-order valence-electron chi connectivity index (χ2n) is 5.76. The molecule has 0 saturated carbocycles. The third kappa shape index (κ3) is 5.90. The van der Waals surface area contributed by atoms with Gasteiger partial charge in [-0.25, -0.2) is 0 Å². The van der Waals surface area contributed by atoms with Gasteiger partial charge in [0.2, 0.25) is 0 Å². The fourth-order valence-electron chi connectivity index (χ4n) is 2.58. The molecule has 4 aromatic rings. The molecular weight excluding hydrogens is 535 g/mol. The first-order chi connectivity index (χ1) is 12.4. The third-order valence-corrected chi connectivity index (χ3v) is 5.37. The lowest BCUT2D eigenvalue weighted by molar-refractivity contribution is 0.426. The van der Waals surface area contributed by atoms with Gasteiger partial charge < -0.3 is 10.0 Å². The van der Waals surface area contributed by atoms with Gasteiger partial charge in [-0.15, -0.1) is 0 Å². The van der Waals surface area contributed by atoms with E-state index >= 15 is 0 Å². The summed E-state index contributed by atoms with van der Waals surface area (Å²) < 4.78 is 3.26. The van der Waals surface area contributed by atoms with E-state index in [1.807, 2.05) is 24.3 Å². The molecule has 138 valence electrons. The van der Waals surface area contributed by atoms with Crippen molar-refractivity contribution < 1.29 is 10.0 Å². The van der Waals surface area contributed by atoms with Crippen molar-refractivity contribution in [2.45, 2.75) is 7.43 Å². The predicted octanol–water partition coefficient (Wildman–Crippen LogP) is 6.28. The maximum atomic E-state index is 8.98. The average Bonchev–Trinajstić information content (AvgIpc) is 2.62. The number of hydrogen-bond donors (Lipinski definition) is 2. The maximum Gasteiger partial charge on any atom is 0.488 e. The zero-order valence-corrected chi connectivity index (χ0v) is 18.3. The molecule has 4 rings (SSSR count). The molecule has 6 heteroatoms. The first kappa shape index (κ1) is 22.1. The molecule has 0 aromatic heterocycles. The summed E-state index contributed by atoms with van der Waals surface area (Å²) >= 11 is 10.3. The molecular formula is C21H18BBr3O2. The molecule has 0 aliphatic rings. The molecule has 0 amide bonds. The highest BCUT2D eigenvalue weighted by atomic mass is 79.9. The summed E-state index contributed by atoms with van der Waals surface area (Å²) in [4.78, 5) is 0. The van der Waals surface area contributed by atoms with Crippen LogP contribution in [0.4, 0.5) is 0 Å². The van der Waals surface area contributed by atoms with E-state index in [-0.39, 0.29) is 7.43 Å². The lowest BCUT2D eigenvalue weighted by Crippen LogP contribution is -2.29. The van der Waals surface area contributed by atoms with Crippen LogP contribution in [0.5, 0.6) is 0 Å².